The Hall–Kier alpha value is -1.56. The molecule has 0 aliphatic carbocycles. The highest BCUT2D eigenvalue weighted by molar-refractivity contribution is 7.99. The van der Waals surface area contributed by atoms with Crippen LogP contribution in [0.25, 0.3) is 0 Å². The van der Waals surface area contributed by atoms with Gasteiger partial charge >= 0.3 is 5.97 Å². The van der Waals surface area contributed by atoms with Crippen molar-refractivity contribution < 1.29 is 18.7 Å². The first kappa shape index (κ1) is 19.8. The van der Waals surface area contributed by atoms with Gasteiger partial charge in [-0.1, -0.05) is 35.0 Å². The van der Waals surface area contributed by atoms with E-state index in [1.165, 1.54) is 24.3 Å². The minimum atomic E-state index is -0.725. The minimum Gasteiger partial charge on any atom is -0.456 e. The van der Waals surface area contributed by atoms with Crippen LogP contribution in [-0.4, -0.2) is 17.9 Å². The zero-order chi connectivity index (χ0) is 18.8. The van der Waals surface area contributed by atoms with Gasteiger partial charge in [-0.25, -0.2) is 9.18 Å². The van der Waals surface area contributed by atoms with E-state index in [0.29, 0.717) is 21.1 Å². The Morgan fingerprint density at radius 3 is 2.48 bits per heavy atom. The second kappa shape index (κ2) is 7.77. The van der Waals surface area contributed by atoms with E-state index in [4.69, 9.17) is 27.9 Å². The Kier molecular flexibility index (Phi) is 6.14. The van der Waals surface area contributed by atoms with Crippen LogP contribution < -0.4 is 0 Å². The summed E-state index contributed by atoms with van der Waals surface area (Å²) in [6.07, 6.45) is 0.622. The number of hydrogen-bond acceptors (Lipinski definition) is 4. The Balaban J connectivity index is 2.48. The molecule has 2 aromatic rings. The summed E-state index contributed by atoms with van der Waals surface area (Å²) >= 11 is 13.2. The van der Waals surface area contributed by atoms with Gasteiger partial charge in [0.1, 0.15) is 11.4 Å². The van der Waals surface area contributed by atoms with Gasteiger partial charge in [0, 0.05) is 20.4 Å². The van der Waals surface area contributed by atoms with E-state index in [1.807, 2.05) is 0 Å². The molecular weight excluding hydrogens is 386 g/mol. The predicted octanol–water partition coefficient (Wildman–Crippen LogP) is 6.05. The Bertz CT molecular complexity index is 832. The highest BCUT2D eigenvalue weighted by Crippen LogP contribution is 2.39. The van der Waals surface area contributed by atoms with Crippen LogP contribution in [0.2, 0.25) is 10.0 Å². The van der Waals surface area contributed by atoms with Crippen LogP contribution in [0.3, 0.4) is 0 Å². The van der Waals surface area contributed by atoms with Crippen LogP contribution in [-0.2, 0) is 4.74 Å². The number of rotatable bonds is 4. The van der Waals surface area contributed by atoms with Crippen LogP contribution >= 0.6 is 35.0 Å². The number of hydrogen-bond donors (Lipinski definition) is 0. The maximum Gasteiger partial charge on any atom is 0.339 e. The molecule has 3 nitrogen and oxygen atoms in total. The van der Waals surface area contributed by atoms with Gasteiger partial charge in [0.2, 0.25) is 0 Å². The molecule has 0 aromatic heterocycles. The fraction of sp³-hybridized carbons (Fsp3) is 0.222. The molecule has 7 heteroatoms. The Labute approximate surface area is 159 Å². The van der Waals surface area contributed by atoms with Gasteiger partial charge in [0.25, 0.3) is 0 Å². The number of ether oxygens (including phenoxy) is 1. The molecule has 0 atom stereocenters. The number of benzene rings is 2. The van der Waals surface area contributed by atoms with Gasteiger partial charge in [-0.15, -0.1) is 0 Å². The molecule has 0 spiro atoms. The fourth-order valence-corrected chi connectivity index (χ4v) is 3.58. The van der Waals surface area contributed by atoms with E-state index in [1.54, 1.807) is 20.8 Å². The summed E-state index contributed by atoms with van der Waals surface area (Å²) < 4.78 is 19.0. The third kappa shape index (κ3) is 5.21. The maximum absolute atomic E-state index is 13.6. The molecule has 25 heavy (non-hydrogen) atoms. The molecule has 0 bridgehead atoms. The van der Waals surface area contributed by atoms with Crippen LogP contribution in [0.5, 0.6) is 0 Å². The Morgan fingerprint density at radius 2 is 1.88 bits per heavy atom. The van der Waals surface area contributed by atoms with Crippen molar-refractivity contribution in [2.75, 3.05) is 0 Å². The van der Waals surface area contributed by atoms with Crippen LogP contribution in [0.15, 0.2) is 40.1 Å². The van der Waals surface area contributed by atoms with E-state index in [-0.39, 0.29) is 16.1 Å². The first-order chi connectivity index (χ1) is 11.6. The van der Waals surface area contributed by atoms with Gasteiger partial charge in [-0.2, -0.15) is 0 Å². The van der Waals surface area contributed by atoms with E-state index in [2.05, 4.69) is 0 Å². The van der Waals surface area contributed by atoms with Crippen LogP contribution in [0, 0.1) is 5.82 Å². The second-order valence-electron chi connectivity index (χ2n) is 6.17. The van der Waals surface area contributed by atoms with E-state index in [0.717, 1.165) is 17.8 Å². The lowest BCUT2D eigenvalue weighted by Crippen LogP contribution is -2.24. The van der Waals surface area contributed by atoms with Gasteiger partial charge in [-0.05, 0) is 51.1 Å². The molecule has 2 rings (SSSR count). The summed E-state index contributed by atoms with van der Waals surface area (Å²) in [5.41, 5.74) is -0.387. The summed E-state index contributed by atoms with van der Waals surface area (Å²) in [6.45, 7) is 5.16. The van der Waals surface area contributed by atoms with Gasteiger partial charge in [-0.3, -0.25) is 4.79 Å². The minimum absolute atomic E-state index is 0.0581. The van der Waals surface area contributed by atoms with Crippen molar-refractivity contribution in [3.63, 3.8) is 0 Å². The van der Waals surface area contributed by atoms with Gasteiger partial charge in [0.15, 0.2) is 6.29 Å². The van der Waals surface area contributed by atoms with Crippen molar-refractivity contribution in [1.82, 2.24) is 0 Å². The summed E-state index contributed by atoms with van der Waals surface area (Å²) in [5, 5.41) is 0.585. The van der Waals surface area contributed by atoms with E-state index in [9.17, 15) is 14.0 Å². The lowest BCUT2D eigenvalue weighted by atomic mass is 10.1. The van der Waals surface area contributed by atoms with Crippen LogP contribution in [0.1, 0.15) is 41.5 Å². The maximum atomic E-state index is 13.6. The molecule has 0 unspecified atom stereocenters. The summed E-state index contributed by atoms with van der Waals surface area (Å²) in [7, 11) is 0. The highest BCUT2D eigenvalue weighted by atomic mass is 35.5. The zero-order valence-electron chi connectivity index (χ0n) is 13.7. The first-order valence-electron chi connectivity index (χ1n) is 7.25. The van der Waals surface area contributed by atoms with Gasteiger partial charge in [0.05, 0.1) is 10.6 Å². The molecule has 132 valence electrons. The molecule has 0 aliphatic heterocycles. The monoisotopic (exact) mass is 400 g/mol. The number of esters is 1. The highest BCUT2D eigenvalue weighted by Gasteiger charge is 2.22. The first-order valence-corrected chi connectivity index (χ1v) is 8.83. The third-order valence-electron chi connectivity index (χ3n) is 2.94. The van der Waals surface area contributed by atoms with Crippen molar-refractivity contribution in [3.8, 4) is 0 Å². The molecule has 0 saturated heterocycles. The molecule has 0 fully saturated rings. The average molecular weight is 401 g/mol. The molecule has 2 aromatic carbocycles. The quantitative estimate of drug-likeness (QED) is 0.462. The van der Waals surface area contributed by atoms with Crippen molar-refractivity contribution in [1.29, 1.82) is 0 Å². The van der Waals surface area contributed by atoms with Crippen molar-refractivity contribution in [2.45, 2.75) is 36.2 Å². The Morgan fingerprint density at radius 1 is 1.20 bits per heavy atom. The number of carbonyl (C=O) groups is 2. The molecule has 0 N–H and O–H groups in total. The number of aldehydes is 1. The standard InChI is InChI=1S/C18H15Cl2FO3S/c1-18(2,3)24-17(23)13-8-12(21)4-5-15(13)25-16-10(9-22)6-11(19)7-14(16)20/h4-9H,1-3H3. The summed E-state index contributed by atoms with van der Waals surface area (Å²) in [5.74, 6) is -1.23. The van der Waals surface area contributed by atoms with Gasteiger partial charge < -0.3 is 4.74 Å². The van der Waals surface area contributed by atoms with Crippen molar-refractivity contribution in [2.24, 2.45) is 0 Å². The third-order valence-corrected chi connectivity index (χ3v) is 4.80. The normalized spacial score (nSPS) is 11.3. The molecule has 0 aliphatic rings. The topological polar surface area (TPSA) is 43.4 Å². The molecular formula is C18H15Cl2FO3S. The fourth-order valence-electron chi connectivity index (χ4n) is 1.97. The lowest BCUT2D eigenvalue weighted by molar-refractivity contribution is 0.00649. The molecule has 0 heterocycles. The molecule has 0 saturated carbocycles. The largest absolute Gasteiger partial charge is 0.456 e. The van der Waals surface area contributed by atoms with E-state index >= 15 is 0 Å². The average Bonchev–Trinajstić information content (AvgIpc) is 2.49. The number of carbonyl (C=O) groups excluding carboxylic acids is 2. The SMILES string of the molecule is CC(C)(C)OC(=O)c1cc(F)ccc1Sc1c(Cl)cc(Cl)cc1C=O. The van der Waals surface area contributed by atoms with Crippen molar-refractivity contribution in [3.05, 3.63) is 57.3 Å². The zero-order valence-corrected chi connectivity index (χ0v) is 16.1. The molecule has 0 amide bonds. The summed E-state index contributed by atoms with van der Waals surface area (Å²) in [6, 6.07) is 6.73. The second-order valence-corrected chi connectivity index (χ2v) is 8.06. The summed E-state index contributed by atoms with van der Waals surface area (Å²) in [4.78, 5) is 24.5. The van der Waals surface area contributed by atoms with Crippen LogP contribution in [0.4, 0.5) is 4.39 Å². The lowest BCUT2D eigenvalue weighted by Gasteiger charge is -2.20. The number of halogens is 3. The predicted molar refractivity (Wildman–Crippen MR) is 97.5 cm³/mol. The molecule has 0 radical (unpaired) electrons. The smallest absolute Gasteiger partial charge is 0.339 e. The van der Waals surface area contributed by atoms with Crippen molar-refractivity contribution >= 4 is 47.2 Å². The van der Waals surface area contributed by atoms with E-state index < -0.39 is 17.4 Å².